The number of hydrogen-bond acceptors (Lipinski definition) is 4. The van der Waals surface area contributed by atoms with Crippen molar-refractivity contribution in [2.45, 2.75) is 6.42 Å². The van der Waals surface area contributed by atoms with Crippen LogP contribution in [0.15, 0.2) is 42.7 Å². The van der Waals surface area contributed by atoms with Gasteiger partial charge in [-0.2, -0.15) is 5.10 Å². The maximum absolute atomic E-state index is 12.2. The van der Waals surface area contributed by atoms with Crippen LogP contribution in [0, 0.1) is 0 Å². The lowest BCUT2D eigenvalue weighted by Gasteiger charge is -2.05. The molecule has 0 saturated carbocycles. The van der Waals surface area contributed by atoms with Crippen LogP contribution in [0.4, 0.5) is 0 Å². The number of nitrogens with zero attached hydrogens (tertiary/aromatic N) is 2. The number of benzene rings is 1. The lowest BCUT2D eigenvalue weighted by atomic mass is 10.1. The van der Waals surface area contributed by atoms with Gasteiger partial charge in [0, 0.05) is 18.9 Å². The summed E-state index contributed by atoms with van der Waals surface area (Å²) in [4.78, 5) is 16.2. The van der Waals surface area contributed by atoms with Gasteiger partial charge in [-0.25, -0.2) is 0 Å². The van der Waals surface area contributed by atoms with E-state index in [0.29, 0.717) is 12.2 Å². The first-order valence-electron chi connectivity index (χ1n) is 6.97. The summed E-state index contributed by atoms with van der Waals surface area (Å²) in [5.41, 5.74) is 2.31. The molecule has 0 bridgehead atoms. The number of hydrogen-bond donors (Lipinski definition) is 2. The number of nitrogens with one attached hydrogen (secondary N) is 2. The number of aromatic amines is 1. The smallest absolute Gasteiger partial charge is 0.272 e. The van der Waals surface area contributed by atoms with E-state index in [-0.39, 0.29) is 5.91 Å². The third-order valence-electron chi connectivity index (χ3n) is 3.44. The minimum Gasteiger partial charge on any atom is -0.497 e. The van der Waals surface area contributed by atoms with Crippen molar-refractivity contribution in [3.8, 4) is 5.75 Å². The van der Waals surface area contributed by atoms with E-state index in [1.807, 2.05) is 24.3 Å². The van der Waals surface area contributed by atoms with Crippen molar-refractivity contribution < 1.29 is 9.53 Å². The molecule has 3 rings (SSSR count). The summed E-state index contributed by atoms with van der Waals surface area (Å²) in [5, 5.41) is 10.5. The number of carbonyl (C=O) groups is 1. The molecule has 2 aromatic heterocycles. The third-order valence-corrected chi connectivity index (χ3v) is 3.44. The van der Waals surface area contributed by atoms with Crippen LogP contribution in [0.1, 0.15) is 16.1 Å². The van der Waals surface area contributed by atoms with Crippen LogP contribution in [0.25, 0.3) is 10.9 Å². The van der Waals surface area contributed by atoms with Crippen molar-refractivity contribution in [3.05, 3.63) is 54.0 Å². The third kappa shape index (κ3) is 2.90. The van der Waals surface area contributed by atoms with Crippen molar-refractivity contribution in [2.24, 2.45) is 0 Å². The number of carbonyl (C=O) groups excluding carboxylic acids is 1. The van der Waals surface area contributed by atoms with E-state index in [9.17, 15) is 4.79 Å². The molecule has 1 amide bonds. The summed E-state index contributed by atoms with van der Waals surface area (Å²) in [5.74, 6) is 0.621. The highest BCUT2D eigenvalue weighted by Gasteiger charge is 2.13. The fourth-order valence-corrected chi connectivity index (χ4v) is 2.23. The maximum Gasteiger partial charge on any atom is 0.272 e. The molecule has 0 saturated heterocycles. The van der Waals surface area contributed by atoms with Gasteiger partial charge in [-0.05, 0) is 30.2 Å². The molecular formula is C16H16N4O2. The molecule has 0 atom stereocenters. The molecular weight excluding hydrogens is 280 g/mol. The fourth-order valence-electron chi connectivity index (χ4n) is 2.23. The molecule has 6 nitrogen and oxygen atoms in total. The normalized spacial score (nSPS) is 10.6. The first-order chi connectivity index (χ1) is 10.8. The van der Waals surface area contributed by atoms with E-state index in [1.54, 1.807) is 25.6 Å². The van der Waals surface area contributed by atoms with Crippen molar-refractivity contribution >= 4 is 16.8 Å². The standard InChI is InChI=1S/C16H16N4O2/c1-22-12-4-2-11(3-5-12)6-9-18-16(21)15-13-10-17-8-7-14(13)19-20-15/h2-5,7-8,10H,6,9H2,1H3,(H,18,21)(H,19,20). The lowest BCUT2D eigenvalue weighted by Crippen LogP contribution is -2.26. The minimum absolute atomic E-state index is 0.201. The first kappa shape index (κ1) is 14.1. The Morgan fingerprint density at radius 2 is 2.09 bits per heavy atom. The number of aromatic nitrogens is 3. The zero-order chi connectivity index (χ0) is 15.4. The Bertz CT molecular complexity index is 780. The Morgan fingerprint density at radius 3 is 2.86 bits per heavy atom. The number of ether oxygens (including phenoxy) is 1. The van der Waals surface area contributed by atoms with Crippen LogP contribution in [0.2, 0.25) is 0 Å². The molecule has 2 heterocycles. The molecule has 0 aliphatic heterocycles. The Hall–Kier alpha value is -2.89. The monoisotopic (exact) mass is 296 g/mol. The molecule has 22 heavy (non-hydrogen) atoms. The average Bonchev–Trinajstić information content (AvgIpc) is 2.99. The van der Waals surface area contributed by atoms with E-state index in [2.05, 4.69) is 20.5 Å². The Morgan fingerprint density at radius 1 is 1.27 bits per heavy atom. The number of methoxy groups -OCH3 is 1. The molecule has 112 valence electrons. The van der Waals surface area contributed by atoms with E-state index in [0.717, 1.165) is 28.6 Å². The van der Waals surface area contributed by atoms with Crippen molar-refractivity contribution in [2.75, 3.05) is 13.7 Å². The molecule has 0 fully saturated rings. The van der Waals surface area contributed by atoms with Crippen molar-refractivity contribution in [1.82, 2.24) is 20.5 Å². The summed E-state index contributed by atoms with van der Waals surface area (Å²) < 4.78 is 5.11. The van der Waals surface area contributed by atoms with Gasteiger partial charge in [-0.1, -0.05) is 12.1 Å². The highest BCUT2D eigenvalue weighted by molar-refractivity contribution is 6.04. The van der Waals surface area contributed by atoms with E-state index in [4.69, 9.17) is 4.74 Å². The van der Waals surface area contributed by atoms with Gasteiger partial charge in [0.25, 0.3) is 5.91 Å². The molecule has 2 N–H and O–H groups in total. The van der Waals surface area contributed by atoms with E-state index >= 15 is 0 Å². The molecule has 0 spiro atoms. The highest BCUT2D eigenvalue weighted by Crippen LogP contribution is 2.14. The summed E-state index contributed by atoms with van der Waals surface area (Å²) in [6.45, 7) is 0.541. The number of amides is 1. The molecule has 0 radical (unpaired) electrons. The van der Waals surface area contributed by atoms with Gasteiger partial charge in [-0.3, -0.25) is 14.9 Å². The molecule has 0 aliphatic rings. The molecule has 0 aliphatic carbocycles. The van der Waals surface area contributed by atoms with E-state index < -0.39 is 0 Å². The number of H-pyrrole nitrogens is 1. The number of fused-ring (bicyclic) bond motifs is 1. The van der Waals surface area contributed by atoms with E-state index in [1.165, 1.54) is 0 Å². The first-order valence-corrected chi connectivity index (χ1v) is 6.97. The van der Waals surface area contributed by atoms with Crippen molar-refractivity contribution in [3.63, 3.8) is 0 Å². The summed E-state index contributed by atoms with van der Waals surface area (Å²) in [6, 6.07) is 9.57. The minimum atomic E-state index is -0.201. The van der Waals surface area contributed by atoms with Gasteiger partial charge in [0.1, 0.15) is 5.75 Å². The highest BCUT2D eigenvalue weighted by atomic mass is 16.5. The van der Waals surface area contributed by atoms with Gasteiger partial charge in [0.05, 0.1) is 18.0 Å². The Balaban J connectivity index is 1.60. The Labute approximate surface area is 127 Å². The maximum atomic E-state index is 12.2. The second-order valence-corrected chi connectivity index (χ2v) is 4.85. The van der Waals surface area contributed by atoms with Crippen LogP contribution in [0.3, 0.4) is 0 Å². The molecule has 3 aromatic rings. The Kier molecular flexibility index (Phi) is 4.00. The SMILES string of the molecule is COc1ccc(CCNC(=O)c2n[nH]c3ccncc23)cc1. The zero-order valence-electron chi connectivity index (χ0n) is 12.2. The topological polar surface area (TPSA) is 79.9 Å². The summed E-state index contributed by atoms with van der Waals surface area (Å²) >= 11 is 0. The van der Waals surface area contributed by atoms with Gasteiger partial charge < -0.3 is 10.1 Å². The van der Waals surface area contributed by atoms with Gasteiger partial charge >= 0.3 is 0 Å². The second kappa shape index (κ2) is 6.26. The van der Waals surface area contributed by atoms with Gasteiger partial charge in [0.15, 0.2) is 5.69 Å². The van der Waals surface area contributed by atoms with Crippen LogP contribution < -0.4 is 10.1 Å². The largest absolute Gasteiger partial charge is 0.497 e. The van der Waals surface area contributed by atoms with Crippen LogP contribution in [-0.2, 0) is 6.42 Å². The van der Waals surface area contributed by atoms with Gasteiger partial charge in [0.2, 0.25) is 0 Å². The van der Waals surface area contributed by atoms with Crippen LogP contribution >= 0.6 is 0 Å². The fraction of sp³-hybridized carbons (Fsp3) is 0.188. The quantitative estimate of drug-likeness (QED) is 0.754. The predicted octanol–water partition coefficient (Wildman–Crippen LogP) is 1.94. The average molecular weight is 296 g/mol. The number of rotatable bonds is 5. The van der Waals surface area contributed by atoms with Gasteiger partial charge in [-0.15, -0.1) is 0 Å². The molecule has 0 unspecified atom stereocenters. The molecule has 1 aromatic carbocycles. The van der Waals surface area contributed by atoms with Crippen LogP contribution in [-0.4, -0.2) is 34.7 Å². The summed E-state index contributed by atoms with van der Waals surface area (Å²) in [6.07, 6.45) is 4.04. The van der Waals surface area contributed by atoms with Crippen LogP contribution in [0.5, 0.6) is 5.75 Å². The molecule has 6 heteroatoms. The number of pyridine rings is 1. The summed E-state index contributed by atoms with van der Waals surface area (Å²) in [7, 11) is 1.64. The second-order valence-electron chi connectivity index (χ2n) is 4.85. The predicted molar refractivity (Wildman–Crippen MR) is 82.9 cm³/mol. The lowest BCUT2D eigenvalue weighted by molar-refractivity contribution is 0.0950. The van der Waals surface area contributed by atoms with Crippen molar-refractivity contribution in [1.29, 1.82) is 0 Å². The zero-order valence-corrected chi connectivity index (χ0v) is 12.2.